The van der Waals surface area contributed by atoms with Gasteiger partial charge < -0.3 is 20.1 Å². The maximum Gasteiger partial charge on any atom is 0.339 e. The highest BCUT2D eigenvalue weighted by atomic mass is 16.5. The lowest BCUT2D eigenvalue weighted by Crippen LogP contribution is -2.08. The number of hydrogen-bond donors (Lipinski definition) is 3. The second kappa shape index (κ2) is 6.18. The van der Waals surface area contributed by atoms with Crippen LogP contribution in [0.2, 0.25) is 0 Å². The van der Waals surface area contributed by atoms with Crippen molar-refractivity contribution in [3.05, 3.63) is 65.2 Å². The average molecular weight is 274 g/mol. The number of hydrogen-bond acceptors (Lipinski definition) is 4. The van der Waals surface area contributed by atoms with E-state index in [0.717, 1.165) is 5.56 Å². The molecule has 0 radical (unpaired) electrons. The molecule has 0 aliphatic heterocycles. The summed E-state index contributed by atoms with van der Waals surface area (Å²) in [6.07, 6.45) is -1.79. The number of ether oxygens (including phenoxy) is 1. The Morgan fingerprint density at radius 3 is 2.35 bits per heavy atom. The van der Waals surface area contributed by atoms with Crippen LogP contribution in [-0.4, -0.2) is 21.3 Å². The molecule has 0 fully saturated rings. The molecule has 0 saturated heterocycles. The van der Waals surface area contributed by atoms with E-state index < -0.39 is 12.3 Å². The average Bonchev–Trinajstić information content (AvgIpc) is 2.45. The van der Waals surface area contributed by atoms with Crippen molar-refractivity contribution in [1.29, 1.82) is 0 Å². The fourth-order valence-corrected chi connectivity index (χ4v) is 1.82. The van der Waals surface area contributed by atoms with Crippen LogP contribution in [0.25, 0.3) is 0 Å². The van der Waals surface area contributed by atoms with Crippen LogP contribution >= 0.6 is 0 Å². The van der Waals surface area contributed by atoms with Crippen LogP contribution in [0, 0.1) is 0 Å². The molecule has 5 nitrogen and oxygen atoms in total. The summed E-state index contributed by atoms with van der Waals surface area (Å²) >= 11 is 0. The Hall–Kier alpha value is -2.37. The number of aliphatic hydroxyl groups excluding tert-OH is 1. The summed E-state index contributed by atoms with van der Waals surface area (Å²) in [6, 6.07) is 13.4. The number of benzene rings is 2. The molecule has 0 heterocycles. The molecule has 0 unspecified atom stereocenters. The molecule has 104 valence electrons. The zero-order valence-corrected chi connectivity index (χ0v) is 10.6. The smallest absolute Gasteiger partial charge is 0.339 e. The molecule has 0 aliphatic rings. The van der Waals surface area contributed by atoms with Gasteiger partial charge in [-0.15, -0.1) is 0 Å². The van der Waals surface area contributed by atoms with E-state index in [1.54, 1.807) is 0 Å². The third kappa shape index (κ3) is 3.14. The molecule has 5 heteroatoms. The number of rotatable bonds is 5. The Labute approximate surface area is 115 Å². The predicted molar refractivity (Wildman–Crippen MR) is 71.4 cm³/mol. The van der Waals surface area contributed by atoms with Gasteiger partial charge in [-0.2, -0.15) is 0 Å². The van der Waals surface area contributed by atoms with Crippen LogP contribution < -0.4 is 4.74 Å². The lowest BCUT2D eigenvalue weighted by atomic mass is 10.1. The highest BCUT2D eigenvalue weighted by Gasteiger charge is 2.19. The summed E-state index contributed by atoms with van der Waals surface area (Å²) < 4.78 is 5.48. The number of para-hydroxylation sites is 1. The minimum absolute atomic E-state index is 0.0285. The standard InChI is InChI=1S/C15H14O5/c16-14(17)11-7-4-8-12(15(18)19)13(11)20-9-10-5-2-1-3-6-10/h1-8,14,16-17H,9H2,(H,18,19). The van der Waals surface area contributed by atoms with Crippen LogP contribution in [0.4, 0.5) is 0 Å². The third-order valence-corrected chi connectivity index (χ3v) is 2.78. The van der Waals surface area contributed by atoms with Crippen LogP contribution in [-0.2, 0) is 6.61 Å². The van der Waals surface area contributed by atoms with E-state index in [1.807, 2.05) is 30.3 Å². The molecule has 2 aromatic rings. The fourth-order valence-electron chi connectivity index (χ4n) is 1.82. The van der Waals surface area contributed by atoms with Crippen molar-refractivity contribution in [3.8, 4) is 5.75 Å². The first-order valence-corrected chi connectivity index (χ1v) is 5.98. The molecule has 0 bridgehead atoms. The highest BCUT2D eigenvalue weighted by Crippen LogP contribution is 2.29. The molecule has 0 spiro atoms. The molecule has 0 aromatic heterocycles. The number of carbonyl (C=O) groups is 1. The first kappa shape index (κ1) is 14.0. The van der Waals surface area contributed by atoms with Crippen molar-refractivity contribution in [2.24, 2.45) is 0 Å². The van der Waals surface area contributed by atoms with Crippen molar-refractivity contribution in [2.45, 2.75) is 12.9 Å². The zero-order chi connectivity index (χ0) is 14.5. The van der Waals surface area contributed by atoms with Gasteiger partial charge in [0.05, 0.1) is 5.56 Å². The highest BCUT2D eigenvalue weighted by molar-refractivity contribution is 5.91. The maximum absolute atomic E-state index is 11.2. The van der Waals surface area contributed by atoms with Crippen molar-refractivity contribution in [1.82, 2.24) is 0 Å². The minimum Gasteiger partial charge on any atom is -0.488 e. The Bertz CT molecular complexity index is 592. The Morgan fingerprint density at radius 1 is 1.05 bits per heavy atom. The molecule has 2 rings (SSSR count). The van der Waals surface area contributed by atoms with Gasteiger partial charge in [0.2, 0.25) is 0 Å². The van der Waals surface area contributed by atoms with Crippen molar-refractivity contribution < 1.29 is 24.9 Å². The topological polar surface area (TPSA) is 87.0 Å². The van der Waals surface area contributed by atoms with Gasteiger partial charge in [0.15, 0.2) is 6.29 Å². The predicted octanol–water partition coefficient (Wildman–Crippen LogP) is 1.95. The first-order chi connectivity index (χ1) is 9.59. The number of carboxylic acid groups (broad SMARTS) is 1. The normalized spacial score (nSPS) is 10.6. The van der Waals surface area contributed by atoms with E-state index in [9.17, 15) is 15.0 Å². The Balaban J connectivity index is 2.31. The third-order valence-electron chi connectivity index (χ3n) is 2.78. The minimum atomic E-state index is -1.79. The first-order valence-electron chi connectivity index (χ1n) is 5.98. The molecule has 0 amide bonds. The van der Waals surface area contributed by atoms with Crippen LogP contribution in [0.1, 0.15) is 27.8 Å². The quantitative estimate of drug-likeness (QED) is 0.725. The van der Waals surface area contributed by atoms with Gasteiger partial charge in [0.1, 0.15) is 17.9 Å². The summed E-state index contributed by atoms with van der Waals surface area (Å²) in [5.74, 6) is -1.21. The Kier molecular flexibility index (Phi) is 4.34. The van der Waals surface area contributed by atoms with Gasteiger partial charge in [-0.25, -0.2) is 4.79 Å². The van der Waals surface area contributed by atoms with Crippen molar-refractivity contribution in [3.63, 3.8) is 0 Å². The SMILES string of the molecule is O=C(O)c1cccc(C(O)O)c1OCc1ccccc1. The van der Waals surface area contributed by atoms with Crippen molar-refractivity contribution >= 4 is 5.97 Å². The van der Waals surface area contributed by atoms with E-state index in [0.29, 0.717) is 0 Å². The van der Waals surface area contributed by atoms with E-state index in [-0.39, 0.29) is 23.5 Å². The van der Waals surface area contributed by atoms with E-state index in [1.165, 1.54) is 18.2 Å². The largest absolute Gasteiger partial charge is 0.488 e. The van der Waals surface area contributed by atoms with Gasteiger partial charge in [-0.05, 0) is 11.6 Å². The lowest BCUT2D eigenvalue weighted by molar-refractivity contribution is -0.0443. The molecular formula is C15H14O5. The van der Waals surface area contributed by atoms with E-state index in [2.05, 4.69) is 0 Å². The van der Waals surface area contributed by atoms with Crippen molar-refractivity contribution in [2.75, 3.05) is 0 Å². The van der Waals surface area contributed by atoms with Gasteiger partial charge in [-0.1, -0.05) is 42.5 Å². The van der Waals surface area contributed by atoms with Crippen LogP contribution in [0.5, 0.6) is 5.75 Å². The molecular weight excluding hydrogens is 260 g/mol. The second-order valence-electron chi connectivity index (χ2n) is 4.18. The second-order valence-corrected chi connectivity index (χ2v) is 4.18. The molecule has 3 N–H and O–H groups in total. The molecule has 20 heavy (non-hydrogen) atoms. The van der Waals surface area contributed by atoms with Gasteiger partial charge in [0, 0.05) is 0 Å². The zero-order valence-electron chi connectivity index (χ0n) is 10.6. The summed E-state index contributed by atoms with van der Waals surface area (Å²) in [5, 5.41) is 27.7. The molecule has 0 aliphatic carbocycles. The summed E-state index contributed by atoms with van der Waals surface area (Å²) in [5.41, 5.74) is 0.776. The van der Waals surface area contributed by atoms with Crippen LogP contribution in [0.3, 0.4) is 0 Å². The fraction of sp³-hybridized carbons (Fsp3) is 0.133. The molecule has 0 saturated carbocycles. The number of aliphatic hydroxyl groups is 2. The molecule has 0 atom stereocenters. The van der Waals surface area contributed by atoms with E-state index in [4.69, 9.17) is 9.84 Å². The maximum atomic E-state index is 11.2. The number of aromatic carboxylic acids is 1. The summed E-state index contributed by atoms with van der Waals surface area (Å²) in [4.78, 5) is 11.2. The van der Waals surface area contributed by atoms with Gasteiger partial charge >= 0.3 is 5.97 Å². The summed E-state index contributed by atoms with van der Waals surface area (Å²) in [6.45, 7) is 0.144. The molecule has 2 aromatic carbocycles. The Morgan fingerprint density at radius 2 is 1.75 bits per heavy atom. The van der Waals surface area contributed by atoms with Gasteiger partial charge in [-0.3, -0.25) is 0 Å². The lowest BCUT2D eigenvalue weighted by Gasteiger charge is -2.15. The number of carboxylic acids is 1. The monoisotopic (exact) mass is 274 g/mol. The van der Waals surface area contributed by atoms with E-state index >= 15 is 0 Å². The van der Waals surface area contributed by atoms with Gasteiger partial charge in [0.25, 0.3) is 0 Å². The van der Waals surface area contributed by atoms with Crippen LogP contribution in [0.15, 0.2) is 48.5 Å². The summed E-state index contributed by atoms with van der Waals surface area (Å²) in [7, 11) is 0.